The zero-order valence-electron chi connectivity index (χ0n) is 13.6. The molecule has 1 spiro atoms. The first-order valence-corrected chi connectivity index (χ1v) is 8.19. The molecule has 0 aliphatic carbocycles. The fourth-order valence-electron chi connectivity index (χ4n) is 3.70. The highest BCUT2D eigenvalue weighted by atomic mass is 16.6. The number of amides is 2. The minimum atomic E-state index is -0.550. The molecular weight excluding hydrogens is 308 g/mol. The van der Waals surface area contributed by atoms with Crippen LogP contribution in [0.5, 0.6) is 0 Å². The molecule has 2 aromatic rings. The lowest BCUT2D eigenvalue weighted by molar-refractivity contribution is -0.137. The van der Waals surface area contributed by atoms with Crippen molar-refractivity contribution >= 4 is 22.9 Å². The quantitative estimate of drug-likeness (QED) is 0.837. The number of hydrogen-bond acceptors (Lipinski definition) is 4. The van der Waals surface area contributed by atoms with Crippen LogP contribution in [0.4, 0.5) is 4.79 Å². The third-order valence-electron chi connectivity index (χ3n) is 4.87. The average Bonchev–Trinajstić information content (AvgIpc) is 3.09. The first-order chi connectivity index (χ1) is 11.6. The number of nitrogens with zero attached hydrogens (tertiary/aromatic N) is 4. The van der Waals surface area contributed by atoms with Crippen LogP contribution in [-0.2, 0) is 16.1 Å². The van der Waals surface area contributed by atoms with Crippen LogP contribution in [0.25, 0.3) is 10.9 Å². The number of aromatic nitrogens is 2. The van der Waals surface area contributed by atoms with Crippen molar-refractivity contribution in [2.24, 2.45) is 0 Å². The molecule has 24 heavy (non-hydrogen) atoms. The predicted molar refractivity (Wildman–Crippen MR) is 87.4 cm³/mol. The molecule has 2 fully saturated rings. The Bertz CT molecular complexity index is 802. The summed E-state index contributed by atoms with van der Waals surface area (Å²) in [6.07, 6.45) is 3.11. The van der Waals surface area contributed by atoms with Crippen molar-refractivity contribution in [3.05, 3.63) is 30.5 Å². The molecule has 2 aliphatic heterocycles. The molecule has 1 aromatic heterocycles. The summed E-state index contributed by atoms with van der Waals surface area (Å²) < 4.78 is 7.29. The second-order valence-corrected chi connectivity index (χ2v) is 6.69. The summed E-state index contributed by atoms with van der Waals surface area (Å²) in [5.74, 6) is 0.00790. The minimum Gasteiger partial charge on any atom is -0.439 e. The van der Waals surface area contributed by atoms with Gasteiger partial charge in [0.2, 0.25) is 5.91 Å². The molecule has 2 amide bonds. The second-order valence-electron chi connectivity index (χ2n) is 6.69. The number of para-hydroxylation sites is 1. The van der Waals surface area contributed by atoms with Crippen molar-refractivity contribution in [1.29, 1.82) is 0 Å². The van der Waals surface area contributed by atoms with Crippen LogP contribution in [0.1, 0.15) is 12.8 Å². The Morgan fingerprint density at radius 3 is 2.96 bits per heavy atom. The number of likely N-dealkylation sites (N-methyl/N-ethyl adjacent to an activating group) is 1. The Hall–Kier alpha value is -2.57. The lowest BCUT2D eigenvalue weighted by Gasteiger charge is -2.38. The third kappa shape index (κ3) is 2.50. The largest absolute Gasteiger partial charge is 0.439 e. The third-order valence-corrected chi connectivity index (χ3v) is 4.87. The number of ether oxygens (including phenoxy) is 1. The van der Waals surface area contributed by atoms with Gasteiger partial charge in [-0.2, -0.15) is 5.10 Å². The van der Waals surface area contributed by atoms with Gasteiger partial charge < -0.3 is 14.5 Å². The van der Waals surface area contributed by atoms with E-state index in [1.807, 2.05) is 24.3 Å². The first kappa shape index (κ1) is 15.0. The lowest BCUT2D eigenvalue weighted by Crippen LogP contribution is -2.53. The van der Waals surface area contributed by atoms with Crippen LogP contribution in [0.3, 0.4) is 0 Å². The molecule has 0 bridgehead atoms. The van der Waals surface area contributed by atoms with Gasteiger partial charge in [-0.15, -0.1) is 0 Å². The van der Waals surface area contributed by atoms with Crippen molar-refractivity contribution < 1.29 is 14.3 Å². The van der Waals surface area contributed by atoms with Gasteiger partial charge in [0.05, 0.1) is 24.8 Å². The van der Waals surface area contributed by atoms with E-state index < -0.39 is 5.60 Å². The van der Waals surface area contributed by atoms with Gasteiger partial charge in [0, 0.05) is 19.0 Å². The SMILES string of the molecule is CN1C[C@@]2(CCCN(C(=O)Cn3ncc4ccccc43)C2)OC1=O. The lowest BCUT2D eigenvalue weighted by atomic mass is 9.93. The number of rotatable bonds is 2. The summed E-state index contributed by atoms with van der Waals surface area (Å²) in [5, 5.41) is 5.34. The highest BCUT2D eigenvalue weighted by Crippen LogP contribution is 2.31. The van der Waals surface area contributed by atoms with Crippen molar-refractivity contribution in [2.45, 2.75) is 25.0 Å². The number of piperidine rings is 1. The van der Waals surface area contributed by atoms with Crippen LogP contribution in [0.2, 0.25) is 0 Å². The van der Waals surface area contributed by atoms with Crippen LogP contribution in [0.15, 0.2) is 30.5 Å². The fourth-order valence-corrected chi connectivity index (χ4v) is 3.70. The molecule has 2 saturated heterocycles. The summed E-state index contributed by atoms with van der Waals surface area (Å²) in [6.45, 7) is 1.90. The van der Waals surface area contributed by atoms with Crippen molar-refractivity contribution in [1.82, 2.24) is 19.6 Å². The van der Waals surface area contributed by atoms with Crippen LogP contribution in [-0.4, -0.2) is 63.9 Å². The van der Waals surface area contributed by atoms with E-state index in [1.54, 1.807) is 27.7 Å². The standard InChI is InChI=1S/C17H20N4O3/c1-19-11-17(24-16(19)23)7-4-8-20(12-17)15(22)10-21-14-6-3-2-5-13(14)9-18-21/h2-3,5-6,9H,4,7-8,10-12H2,1H3/t17-/m1/s1. The molecular formula is C17H20N4O3. The van der Waals surface area contributed by atoms with E-state index in [0.29, 0.717) is 19.6 Å². The van der Waals surface area contributed by atoms with Gasteiger partial charge in [-0.1, -0.05) is 18.2 Å². The highest BCUT2D eigenvalue weighted by Gasteiger charge is 2.47. The topological polar surface area (TPSA) is 67.7 Å². The molecule has 1 aromatic carbocycles. The Balaban J connectivity index is 1.49. The fraction of sp³-hybridized carbons (Fsp3) is 0.471. The van der Waals surface area contributed by atoms with Crippen molar-refractivity contribution in [3.8, 4) is 0 Å². The maximum atomic E-state index is 12.7. The van der Waals surface area contributed by atoms with E-state index >= 15 is 0 Å². The number of benzene rings is 1. The van der Waals surface area contributed by atoms with Gasteiger partial charge in [0.1, 0.15) is 12.1 Å². The Morgan fingerprint density at radius 1 is 1.33 bits per heavy atom. The first-order valence-electron chi connectivity index (χ1n) is 8.19. The zero-order valence-corrected chi connectivity index (χ0v) is 13.6. The summed E-state index contributed by atoms with van der Waals surface area (Å²) in [6, 6.07) is 7.83. The maximum absolute atomic E-state index is 12.7. The van der Waals surface area contributed by atoms with Crippen molar-refractivity contribution in [2.75, 3.05) is 26.7 Å². The van der Waals surface area contributed by atoms with Crippen LogP contribution in [0, 0.1) is 0 Å². The molecule has 0 N–H and O–H groups in total. The molecule has 4 rings (SSSR count). The molecule has 2 aliphatic rings. The molecule has 0 saturated carbocycles. The second kappa shape index (κ2) is 5.51. The smallest absolute Gasteiger partial charge is 0.410 e. The molecule has 3 heterocycles. The molecule has 1 atom stereocenters. The van der Waals surface area contributed by atoms with E-state index in [0.717, 1.165) is 23.7 Å². The number of carbonyl (C=O) groups excluding carboxylic acids is 2. The van der Waals surface area contributed by atoms with Gasteiger partial charge in [-0.05, 0) is 18.9 Å². The normalized spacial score (nSPS) is 24.0. The molecule has 0 unspecified atom stereocenters. The van der Waals surface area contributed by atoms with Gasteiger partial charge in [0.25, 0.3) is 0 Å². The van der Waals surface area contributed by atoms with E-state index in [1.165, 1.54) is 0 Å². The number of likely N-dealkylation sites (tertiary alicyclic amines) is 1. The summed E-state index contributed by atoms with van der Waals surface area (Å²) in [4.78, 5) is 27.8. The average molecular weight is 328 g/mol. The Kier molecular flexibility index (Phi) is 3.44. The van der Waals surface area contributed by atoms with Gasteiger partial charge in [0.15, 0.2) is 0 Å². The van der Waals surface area contributed by atoms with Gasteiger partial charge >= 0.3 is 6.09 Å². The van der Waals surface area contributed by atoms with E-state index in [2.05, 4.69) is 5.10 Å². The number of fused-ring (bicyclic) bond motifs is 1. The molecule has 7 nitrogen and oxygen atoms in total. The molecule has 7 heteroatoms. The van der Waals surface area contributed by atoms with Gasteiger partial charge in [-0.3, -0.25) is 9.48 Å². The minimum absolute atomic E-state index is 0.00790. The van der Waals surface area contributed by atoms with E-state index in [9.17, 15) is 9.59 Å². The van der Waals surface area contributed by atoms with Crippen LogP contribution >= 0.6 is 0 Å². The van der Waals surface area contributed by atoms with E-state index in [-0.39, 0.29) is 18.5 Å². The summed E-state index contributed by atoms with van der Waals surface area (Å²) in [5.41, 5.74) is 0.399. The van der Waals surface area contributed by atoms with Crippen LogP contribution < -0.4 is 0 Å². The van der Waals surface area contributed by atoms with Crippen molar-refractivity contribution in [3.63, 3.8) is 0 Å². The molecule has 0 radical (unpaired) electrons. The Labute approximate surface area is 139 Å². The zero-order chi connectivity index (χ0) is 16.7. The maximum Gasteiger partial charge on any atom is 0.410 e. The number of carbonyl (C=O) groups is 2. The Morgan fingerprint density at radius 2 is 2.17 bits per heavy atom. The monoisotopic (exact) mass is 328 g/mol. The van der Waals surface area contributed by atoms with E-state index in [4.69, 9.17) is 4.74 Å². The number of hydrogen-bond donors (Lipinski definition) is 0. The van der Waals surface area contributed by atoms with Gasteiger partial charge in [-0.25, -0.2) is 4.79 Å². The summed E-state index contributed by atoms with van der Waals surface area (Å²) in [7, 11) is 1.73. The predicted octanol–water partition coefficient (Wildman–Crippen LogP) is 1.48. The molecule has 126 valence electrons. The highest BCUT2D eigenvalue weighted by molar-refractivity contribution is 5.82. The summed E-state index contributed by atoms with van der Waals surface area (Å²) >= 11 is 0.